The summed E-state index contributed by atoms with van der Waals surface area (Å²) >= 11 is 2.14. The molecule has 3 rings (SSSR count). The Bertz CT molecular complexity index is 1090. The molecular weight excluding hydrogens is 529 g/mol. The van der Waals surface area contributed by atoms with Crippen molar-refractivity contribution in [3.63, 3.8) is 0 Å². The molecule has 5 nitrogen and oxygen atoms in total. The molecule has 166 valence electrons. The van der Waals surface area contributed by atoms with Crippen molar-refractivity contribution in [2.24, 2.45) is 5.10 Å². The molecule has 0 saturated heterocycles. The first kappa shape index (κ1) is 23.6. The van der Waals surface area contributed by atoms with E-state index in [9.17, 15) is 13.6 Å². The molecule has 32 heavy (non-hydrogen) atoms. The van der Waals surface area contributed by atoms with E-state index in [1.807, 2.05) is 13.0 Å². The summed E-state index contributed by atoms with van der Waals surface area (Å²) in [4.78, 5) is 12.0. The fourth-order valence-corrected chi connectivity index (χ4v) is 3.59. The van der Waals surface area contributed by atoms with Crippen molar-refractivity contribution in [3.05, 3.63) is 92.6 Å². The third kappa shape index (κ3) is 7.01. The lowest BCUT2D eigenvalue weighted by Gasteiger charge is -2.14. The Balaban J connectivity index is 1.65. The number of hydrogen-bond donors (Lipinski definition) is 1. The van der Waals surface area contributed by atoms with Gasteiger partial charge in [0, 0.05) is 0 Å². The second kappa shape index (κ2) is 11.6. The van der Waals surface area contributed by atoms with Crippen LogP contribution in [-0.4, -0.2) is 18.7 Å². The van der Waals surface area contributed by atoms with Crippen molar-refractivity contribution < 1.29 is 23.0 Å². The van der Waals surface area contributed by atoms with Gasteiger partial charge in [0.25, 0.3) is 0 Å². The number of nitrogens with one attached hydrogen (secondary N) is 1. The summed E-state index contributed by atoms with van der Waals surface area (Å²) in [7, 11) is 0. The molecule has 0 aliphatic heterocycles. The lowest BCUT2D eigenvalue weighted by molar-refractivity contribution is -0.120. The summed E-state index contributed by atoms with van der Waals surface area (Å²) in [5.74, 6) is 0.158. The van der Waals surface area contributed by atoms with E-state index in [1.54, 1.807) is 30.3 Å². The summed E-state index contributed by atoms with van der Waals surface area (Å²) in [5, 5.41) is 4.00. The van der Waals surface area contributed by atoms with Crippen LogP contribution in [0, 0.1) is 15.2 Å². The quantitative estimate of drug-likeness (QED) is 0.225. The van der Waals surface area contributed by atoms with Gasteiger partial charge in [-0.3, -0.25) is 4.79 Å². The lowest BCUT2D eigenvalue weighted by Crippen LogP contribution is -2.19. The normalized spacial score (nSPS) is 10.9. The molecule has 1 amide bonds. The second-order valence-corrected chi connectivity index (χ2v) is 7.94. The Hall–Kier alpha value is -3.01. The smallest absolute Gasteiger partial charge is 0.244 e. The molecule has 0 spiro atoms. The van der Waals surface area contributed by atoms with Crippen LogP contribution < -0.4 is 14.9 Å². The monoisotopic (exact) mass is 550 g/mol. The maximum atomic E-state index is 13.1. The maximum Gasteiger partial charge on any atom is 0.244 e. The van der Waals surface area contributed by atoms with Gasteiger partial charge in [0.2, 0.25) is 5.91 Å². The largest absolute Gasteiger partial charge is 0.490 e. The number of amides is 1. The van der Waals surface area contributed by atoms with Crippen molar-refractivity contribution in [1.29, 1.82) is 0 Å². The van der Waals surface area contributed by atoms with Crippen molar-refractivity contribution >= 4 is 34.7 Å². The highest BCUT2D eigenvalue weighted by atomic mass is 127. The Kier molecular flexibility index (Phi) is 8.55. The van der Waals surface area contributed by atoms with E-state index in [1.165, 1.54) is 30.5 Å². The molecule has 3 aromatic carbocycles. The fourth-order valence-electron chi connectivity index (χ4n) is 2.81. The number of halogens is 3. The first-order chi connectivity index (χ1) is 15.4. The van der Waals surface area contributed by atoms with Crippen LogP contribution in [0.15, 0.2) is 65.8 Å². The highest BCUT2D eigenvalue weighted by molar-refractivity contribution is 14.1. The minimum atomic E-state index is -0.350. The first-order valence-electron chi connectivity index (χ1n) is 9.84. The summed E-state index contributed by atoms with van der Waals surface area (Å²) in [6.45, 7) is 2.58. The number of ether oxygens (including phenoxy) is 2. The van der Waals surface area contributed by atoms with Crippen LogP contribution in [0.3, 0.4) is 0 Å². The van der Waals surface area contributed by atoms with Crippen molar-refractivity contribution in [3.8, 4) is 11.5 Å². The molecule has 0 bridgehead atoms. The molecule has 0 atom stereocenters. The fraction of sp³-hybridized carbons (Fsp3) is 0.167. The molecule has 0 aliphatic rings. The molecule has 0 radical (unpaired) electrons. The van der Waals surface area contributed by atoms with E-state index >= 15 is 0 Å². The number of hydrogen-bond acceptors (Lipinski definition) is 4. The van der Waals surface area contributed by atoms with Crippen LogP contribution in [0.4, 0.5) is 8.78 Å². The Morgan fingerprint density at radius 3 is 2.25 bits per heavy atom. The van der Waals surface area contributed by atoms with E-state index in [0.29, 0.717) is 29.2 Å². The van der Waals surface area contributed by atoms with Crippen LogP contribution in [0.5, 0.6) is 11.5 Å². The third-order valence-corrected chi connectivity index (χ3v) is 5.11. The maximum absolute atomic E-state index is 13.1. The minimum absolute atomic E-state index is 0.0928. The molecule has 0 fully saturated rings. The van der Waals surface area contributed by atoms with Gasteiger partial charge in [0.1, 0.15) is 18.2 Å². The van der Waals surface area contributed by atoms with E-state index in [0.717, 1.165) is 9.13 Å². The number of benzene rings is 3. The van der Waals surface area contributed by atoms with Gasteiger partial charge in [0.15, 0.2) is 11.5 Å². The molecule has 0 unspecified atom stereocenters. The van der Waals surface area contributed by atoms with Crippen LogP contribution in [0.25, 0.3) is 0 Å². The van der Waals surface area contributed by atoms with E-state index in [4.69, 9.17) is 9.47 Å². The zero-order valence-corrected chi connectivity index (χ0v) is 19.4. The van der Waals surface area contributed by atoms with Gasteiger partial charge in [-0.1, -0.05) is 24.3 Å². The minimum Gasteiger partial charge on any atom is -0.490 e. The molecule has 0 aromatic heterocycles. The zero-order valence-electron chi connectivity index (χ0n) is 17.3. The predicted octanol–water partition coefficient (Wildman–Crippen LogP) is 5.24. The Morgan fingerprint density at radius 1 is 1.00 bits per heavy atom. The average molecular weight is 550 g/mol. The number of carbonyl (C=O) groups excluding carboxylic acids is 1. The van der Waals surface area contributed by atoms with Gasteiger partial charge in [-0.05, 0) is 82.6 Å². The highest BCUT2D eigenvalue weighted by Crippen LogP contribution is 2.34. The van der Waals surface area contributed by atoms with Crippen LogP contribution >= 0.6 is 22.6 Å². The number of carbonyl (C=O) groups is 1. The van der Waals surface area contributed by atoms with Crippen molar-refractivity contribution in [2.75, 3.05) is 6.61 Å². The third-order valence-electron chi connectivity index (χ3n) is 4.31. The highest BCUT2D eigenvalue weighted by Gasteiger charge is 2.12. The number of rotatable bonds is 9. The van der Waals surface area contributed by atoms with E-state index in [2.05, 4.69) is 33.1 Å². The molecule has 0 saturated carbocycles. The molecule has 0 aliphatic carbocycles. The van der Waals surface area contributed by atoms with Gasteiger partial charge < -0.3 is 9.47 Å². The predicted molar refractivity (Wildman–Crippen MR) is 127 cm³/mol. The first-order valence-corrected chi connectivity index (χ1v) is 10.9. The van der Waals surface area contributed by atoms with Gasteiger partial charge in [-0.15, -0.1) is 0 Å². The van der Waals surface area contributed by atoms with Crippen LogP contribution in [0.2, 0.25) is 0 Å². The van der Waals surface area contributed by atoms with Crippen molar-refractivity contribution in [1.82, 2.24) is 5.43 Å². The molecule has 0 heterocycles. The topological polar surface area (TPSA) is 59.9 Å². The zero-order chi connectivity index (χ0) is 22.9. The second-order valence-electron chi connectivity index (χ2n) is 6.77. The van der Waals surface area contributed by atoms with Crippen molar-refractivity contribution in [2.45, 2.75) is 20.0 Å². The summed E-state index contributed by atoms with van der Waals surface area (Å²) < 4.78 is 38.5. The standard InChI is InChI=1S/C24H21F2IN2O3/c1-2-31-22-12-18(14-28-29-23(30)13-16-3-7-19(25)8-4-16)11-21(27)24(22)32-15-17-5-9-20(26)10-6-17/h3-12,14H,2,13,15H2,1H3,(H,29,30)/b28-14+. The Morgan fingerprint density at radius 2 is 1.62 bits per heavy atom. The summed E-state index contributed by atoms with van der Waals surface area (Å²) in [6, 6.07) is 15.4. The molecule has 8 heteroatoms. The summed E-state index contributed by atoms with van der Waals surface area (Å²) in [5.41, 5.74) is 4.70. The molecular formula is C24H21F2IN2O3. The molecule has 1 N–H and O–H groups in total. The van der Waals surface area contributed by atoms with Gasteiger partial charge in [-0.25, -0.2) is 14.2 Å². The number of nitrogens with zero attached hydrogens (tertiary/aromatic N) is 1. The SMILES string of the molecule is CCOc1cc(/C=N/NC(=O)Cc2ccc(F)cc2)cc(I)c1OCc1ccc(F)cc1. The Labute approximate surface area is 198 Å². The molecule has 3 aromatic rings. The van der Waals surface area contributed by atoms with Gasteiger partial charge in [-0.2, -0.15) is 5.10 Å². The van der Waals surface area contributed by atoms with E-state index < -0.39 is 0 Å². The lowest BCUT2D eigenvalue weighted by atomic mass is 10.1. The van der Waals surface area contributed by atoms with Gasteiger partial charge in [0.05, 0.1) is 22.8 Å². The van der Waals surface area contributed by atoms with Crippen LogP contribution in [0.1, 0.15) is 23.6 Å². The summed E-state index contributed by atoms with van der Waals surface area (Å²) in [6.07, 6.45) is 1.60. The van der Waals surface area contributed by atoms with E-state index in [-0.39, 0.29) is 30.6 Å². The van der Waals surface area contributed by atoms with Gasteiger partial charge >= 0.3 is 0 Å². The average Bonchev–Trinajstić information content (AvgIpc) is 2.76. The van der Waals surface area contributed by atoms with Crippen LogP contribution in [-0.2, 0) is 17.8 Å². The number of hydrazone groups is 1.